The number of carbonyl (C=O) groups excluding carboxylic acids is 2. The van der Waals surface area contributed by atoms with Crippen molar-refractivity contribution >= 4 is 12.3 Å². The molecular weight excluding hydrogens is 444 g/mol. The zero-order valence-corrected chi connectivity index (χ0v) is 24.6. The average molecular weight is 508 g/mol. The second-order valence-corrected chi connectivity index (χ2v) is 11.1. The first-order valence-electron chi connectivity index (χ1n) is 16.3. The number of hydrogen-bond donors (Lipinski definition) is 0. The molecule has 0 spiro atoms. The highest BCUT2D eigenvalue weighted by molar-refractivity contribution is 5.72. The van der Waals surface area contributed by atoms with Gasteiger partial charge in [0.25, 0.3) is 0 Å². The van der Waals surface area contributed by atoms with E-state index in [0.717, 1.165) is 25.7 Å². The van der Waals surface area contributed by atoms with E-state index in [-0.39, 0.29) is 5.97 Å². The Hall–Kier alpha value is -0.860. The van der Waals surface area contributed by atoms with E-state index < -0.39 is 6.10 Å². The topological polar surface area (TPSA) is 43.4 Å². The van der Waals surface area contributed by atoms with Crippen LogP contribution in [0.25, 0.3) is 0 Å². The van der Waals surface area contributed by atoms with Crippen molar-refractivity contribution in [2.24, 2.45) is 0 Å². The predicted octanol–water partition coefficient (Wildman–Crippen LogP) is 11.0. The van der Waals surface area contributed by atoms with Gasteiger partial charge in [-0.25, -0.2) is 0 Å². The number of esters is 1. The van der Waals surface area contributed by atoms with Crippen molar-refractivity contribution in [2.45, 2.75) is 200 Å². The summed E-state index contributed by atoms with van der Waals surface area (Å²) in [5.74, 6) is -0.221. The minimum absolute atomic E-state index is 0.221. The molecule has 0 rings (SSSR count). The fraction of sp³-hybridized carbons (Fsp3) is 0.939. The molecule has 0 saturated carbocycles. The Morgan fingerprint density at radius 2 is 0.806 bits per heavy atom. The largest absolute Gasteiger partial charge is 0.454 e. The molecule has 213 valence electrons. The van der Waals surface area contributed by atoms with Gasteiger partial charge in [-0.2, -0.15) is 0 Å². The number of ether oxygens (including phenoxy) is 1. The summed E-state index contributed by atoms with van der Waals surface area (Å²) in [6.45, 7) is 4.54. The first-order valence-corrected chi connectivity index (χ1v) is 16.3. The van der Waals surface area contributed by atoms with Gasteiger partial charge in [-0.3, -0.25) is 9.59 Å². The summed E-state index contributed by atoms with van der Waals surface area (Å²) in [6.07, 6.45) is 36.1. The molecule has 0 N–H and O–H groups in total. The standard InChI is InChI=1S/C33H63O3/c1-3-5-7-9-11-13-15-16-17-18-20-22-24-26-28-30-33(35)36-32(31-34)29-27-25-23-21-19-14-12-10-8-6-4-2/h32H,3-30H2,1-2H3. The van der Waals surface area contributed by atoms with Gasteiger partial charge in [-0.15, -0.1) is 0 Å². The molecular formula is C33H63O3. The zero-order valence-electron chi connectivity index (χ0n) is 24.6. The van der Waals surface area contributed by atoms with Crippen LogP contribution in [0.5, 0.6) is 0 Å². The van der Waals surface area contributed by atoms with E-state index >= 15 is 0 Å². The number of hydrogen-bond acceptors (Lipinski definition) is 3. The second-order valence-electron chi connectivity index (χ2n) is 11.1. The maximum atomic E-state index is 12.0. The fourth-order valence-corrected chi connectivity index (χ4v) is 4.99. The molecule has 3 heteroatoms. The third-order valence-electron chi connectivity index (χ3n) is 7.46. The van der Waals surface area contributed by atoms with Gasteiger partial charge in [-0.1, -0.05) is 168 Å². The molecule has 0 fully saturated rings. The predicted molar refractivity (Wildman–Crippen MR) is 156 cm³/mol. The highest BCUT2D eigenvalue weighted by atomic mass is 16.5. The summed E-state index contributed by atoms with van der Waals surface area (Å²) in [5.41, 5.74) is 0. The highest BCUT2D eigenvalue weighted by Gasteiger charge is 2.14. The van der Waals surface area contributed by atoms with Crippen LogP contribution in [-0.2, 0) is 14.3 Å². The Kier molecular flexibility index (Phi) is 29.6. The molecule has 0 aromatic carbocycles. The molecule has 1 atom stereocenters. The molecule has 0 heterocycles. The first-order chi connectivity index (χ1) is 17.7. The van der Waals surface area contributed by atoms with E-state index in [1.807, 2.05) is 6.29 Å². The normalized spacial score (nSPS) is 12.1. The Labute approximate surface area is 226 Å². The summed E-state index contributed by atoms with van der Waals surface area (Å²) < 4.78 is 5.35. The molecule has 0 amide bonds. The Morgan fingerprint density at radius 3 is 1.14 bits per heavy atom. The van der Waals surface area contributed by atoms with Crippen LogP contribution in [0.2, 0.25) is 0 Å². The van der Waals surface area contributed by atoms with Crippen LogP contribution in [0.3, 0.4) is 0 Å². The smallest absolute Gasteiger partial charge is 0.306 e. The van der Waals surface area contributed by atoms with Gasteiger partial charge in [0.2, 0.25) is 6.29 Å². The lowest BCUT2D eigenvalue weighted by Crippen LogP contribution is -2.19. The van der Waals surface area contributed by atoms with Gasteiger partial charge >= 0.3 is 5.97 Å². The van der Waals surface area contributed by atoms with Gasteiger partial charge in [0.15, 0.2) is 6.10 Å². The lowest BCUT2D eigenvalue weighted by Gasteiger charge is -2.11. The molecule has 0 aromatic rings. The van der Waals surface area contributed by atoms with Gasteiger partial charge in [-0.05, 0) is 19.3 Å². The highest BCUT2D eigenvalue weighted by Crippen LogP contribution is 2.15. The van der Waals surface area contributed by atoms with Crippen molar-refractivity contribution in [1.29, 1.82) is 0 Å². The number of carbonyl (C=O) groups is 1. The molecule has 0 saturated heterocycles. The number of rotatable bonds is 30. The van der Waals surface area contributed by atoms with Crippen LogP contribution >= 0.6 is 0 Å². The van der Waals surface area contributed by atoms with Crippen molar-refractivity contribution < 1.29 is 14.3 Å². The van der Waals surface area contributed by atoms with Crippen LogP contribution in [0.1, 0.15) is 194 Å². The van der Waals surface area contributed by atoms with Gasteiger partial charge in [0, 0.05) is 6.42 Å². The monoisotopic (exact) mass is 507 g/mol. The Balaban J connectivity index is 3.40. The molecule has 1 radical (unpaired) electrons. The summed E-state index contributed by atoms with van der Waals surface area (Å²) in [4.78, 5) is 23.2. The summed E-state index contributed by atoms with van der Waals surface area (Å²) >= 11 is 0. The van der Waals surface area contributed by atoms with E-state index in [2.05, 4.69) is 13.8 Å². The van der Waals surface area contributed by atoms with Crippen molar-refractivity contribution in [3.05, 3.63) is 0 Å². The molecule has 0 bridgehead atoms. The molecule has 3 nitrogen and oxygen atoms in total. The molecule has 0 aliphatic heterocycles. The first kappa shape index (κ1) is 35.1. The lowest BCUT2D eigenvalue weighted by atomic mass is 10.0. The quantitative estimate of drug-likeness (QED) is 0.0717. The summed E-state index contributed by atoms with van der Waals surface area (Å²) in [5, 5.41) is 0. The zero-order chi connectivity index (χ0) is 26.4. The minimum atomic E-state index is -0.660. The fourth-order valence-electron chi connectivity index (χ4n) is 4.99. The van der Waals surface area contributed by atoms with E-state index in [4.69, 9.17) is 4.74 Å². The van der Waals surface area contributed by atoms with Crippen molar-refractivity contribution in [1.82, 2.24) is 0 Å². The van der Waals surface area contributed by atoms with E-state index in [9.17, 15) is 9.59 Å². The molecule has 0 aliphatic carbocycles. The van der Waals surface area contributed by atoms with Gasteiger partial charge in [0.05, 0.1) is 0 Å². The third-order valence-corrected chi connectivity index (χ3v) is 7.46. The molecule has 0 aliphatic rings. The average Bonchev–Trinajstić information content (AvgIpc) is 2.88. The van der Waals surface area contributed by atoms with Crippen LogP contribution < -0.4 is 0 Å². The Morgan fingerprint density at radius 1 is 0.500 bits per heavy atom. The third kappa shape index (κ3) is 27.7. The van der Waals surface area contributed by atoms with Crippen LogP contribution in [0.4, 0.5) is 0 Å². The van der Waals surface area contributed by atoms with E-state index in [0.29, 0.717) is 12.8 Å². The Bertz CT molecular complexity index is 448. The van der Waals surface area contributed by atoms with Crippen LogP contribution in [0.15, 0.2) is 0 Å². The summed E-state index contributed by atoms with van der Waals surface area (Å²) in [6, 6.07) is 0. The molecule has 36 heavy (non-hydrogen) atoms. The van der Waals surface area contributed by atoms with Gasteiger partial charge in [0.1, 0.15) is 0 Å². The molecule has 1 unspecified atom stereocenters. The van der Waals surface area contributed by atoms with E-state index in [1.165, 1.54) is 141 Å². The molecule has 0 aromatic heterocycles. The van der Waals surface area contributed by atoms with Gasteiger partial charge < -0.3 is 4.74 Å². The lowest BCUT2D eigenvalue weighted by molar-refractivity contribution is -0.146. The minimum Gasteiger partial charge on any atom is -0.454 e. The van der Waals surface area contributed by atoms with Crippen LogP contribution in [-0.4, -0.2) is 18.4 Å². The van der Waals surface area contributed by atoms with E-state index in [1.54, 1.807) is 0 Å². The van der Waals surface area contributed by atoms with Crippen LogP contribution in [0, 0.1) is 0 Å². The second kappa shape index (κ2) is 30.4. The summed E-state index contributed by atoms with van der Waals surface area (Å²) in [7, 11) is 0. The van der Waals surface area contributed by atoms with Crippen molar-refractivity contribution in [2.75, 3.05) is 0 Å². The van der Waals surface area contributed by atoms with Crippen molar-refractivity contribution in [3.63, 3.8) is 0 Å². The maximum Gasteiger partial charge on any atom is 0.306 e. The number of unbranched alkanes of at least 4 members (excludes halogenated alkanes) is 24. The maximum absolute atomic E-state index is 12.0. The SMILES string of the molecule is CCCCCCCCCCCCCCCCCC(=O)OC([C]=O)CCCCCCCCCCCCC. The van der Waals surface area contributed by atoms with Crippen molar-refractivity contribution in [3.8, 4) is 0 Å².